The molecule has 0 atom stereocenters. The Morgan fingerprint density at radius 1 is 1.29 bits per heavy atom. The van der Waals surface area contributed by atoms with Crippen molar-refractivity contribution in [2.24, 2.45) is 11.3 Å². The Morgan fingerprint density at radius 3 is 2.42 bits per heavy atom. The van der Waals surface area contributed by atoms with Gasteiger partial charge in [0.15, 0.2) is 0 Å². The van der Waals surface area contributed by atoms with Gasteiger partial charge in [-0.15, -0.1) is 11.1 Å². The number of fused-ring (bicyclic) bond motifs is 1. The molecule has 0 radical (unpaired) electrons. The third kappa shape index (κ3) is 8.33. The van der Waals surface area contributed by atoms with Crippen LogP contribution in [0.15, 0.2) is 12.1 Å². The van der Waals surface area contributed by atoms with Crippen LogP contribution in [0.5, 0.6) is 0 Å². The third-order valence-electron chi connectivity index (χ3n) is 4.25. The van der Waals surface area contributed by atoms with Crippen LogP contribution in [0.4, 0.5) is 0 Å². The molecule has 0 aliphatic carbocycles. The number of Topliss-reactive ketones (excluding diaryl/α,β-unsaturated/α-hetero) is 1. The summed E-state index contributed by atoms with van der Waals surface area (Å²) in [5.41, 5.74) is 3.98. The van der Waals surface area contributed by atoms with Gasteiger partial charge >= 0.3 is 31.1 Å². The number of hydrogen-bond acceptors (Lipinski definition) is 2. The minimum atomic E-state index is -0.107. The number of ketones is 1. The Morgan fingerprint density at radius 2 is 1.88 bits per heavy atom. The molecule has 24 heavy (non-hydrogen) atoms. The van der Waals surface area contributed by atoms with E-state index in [2.05, 4.69) is 51.2 Å². The van der Waals surface area contributed by atoms with Crippen LogP contribution in [0.2, 0.25) is 0 Å². The molecule has 0 spiro atoms. The number of benzene rings is 1. The number of aryl methyl sites for hydroxylation is 1. The summed E-state index contributed by atoms with van der Waals surface area (Å²) >= 11 is 0. The SMILES string of the molecule is CCCCC(C)(C)C(=O)C(C)C.Cc1[c-]cc2c(c1)CNC2.[CH3-].[U+2]. The van der Waals surface area contributed by atoms with Gasteiger partial charge in [-0.1, -0.05) is 54.4 Å². The van der Waals surface area contributed by atoms with Crippen LogP contribution in [-0.2, 0) is 17.9 Å². The maximum atomic E-state index is 11.7. The van der Waals surface area contributed by atoms with Crippen LogP contribution in [0, 0.1) is 62.9 Å². The molecular weight excluding hydrogens is 520 g/mol. The molecule has 134 valence electrons. The molecule has 2 rings (SSSR count). The van der Waals surface area contributed by atoms with Crippen LogP contribution < -0.4 is 5.32 Å². The van der Waals surface area contributed by atoms with E-state index in [1.54, 1.807) is 0 Å². The summed E-state index contributed by atoms with van der Waals surface area (Å²) in [6, 6.07) is 7.48. The van der Waals surface area contributed by atoms with Crippen molar-refractivity contribution < 1.29 is 35.9 Å². The largest absolute Gasteiger partial charge is 2.00 e. The maximum absolute atomic E-state index is 11.7. The van der Waals surface area contributed by atoms with E-state index in [1.165, 1.54) is 23.1 Å². The van der Waals surface area contributed by atoms with Gasteiger partial charge in [0.1, 0.15) is 5.78 Å². The molecule has 1 N–H and O–H groups in total. The van der Waals surface area contributed by atoms with Gasteiger partial charge in [0, 0.05) is 11.3 Å². The van der Waals surface area contributed by atoms with Crippen LogP contribution in [0.1, 0.15) is 70.6 Å². The zero-order chi connectivity index (χ0) is 16.8. The van der Waals surface area contributed by atoms with Gasteiger partial charge in [-0.3, -0.25) is 4.79 Å². The molecule has 1 aromatic carbocycles. The van der Waals surface area contributed by atoms with Gasteiger partial charge in [-0.25, -0.2) is 0 Å². The average Bonchev–Trinajstić information content (AvgIpc) is 2.92. The zero-order valence-corrected chi connectivity index (χ0v) is 20.8. The number of carbonyl (C=O) groups excluding carboxylic acids is 1. The molecule has 0 saturated carbocycles. The van der Waals surface area contributed by atoms with Gasteiger partial charge in [0.25, 0.3) is 0 Å². The third-order valence-corrected chi connectivity index (χ3v) is 4.25. The van der Waals surface area contributed by atoms with Gasteiger partial charge in [-0.2, -0.15) is 23.8 Å². The van der Waals surface area contributed by atoms with Crippen molar-refractivity contribution >= 4 is 5.78 Å². The summed E-state index contributed by atoms with van der Waals surface area (Å²) < 4.78 is 0. The van der Waals surface area contributed by atoms with E-state index in [9.17, 15) is 4.79 Å². The van der Waals surface area contributed by atoms with Crippen LogP contribution in [0.25, 0.3) is 0 Å². The number of unbranched alkanes of at least 4 members (excludes halogenated alkanes) is 1. The predicted octanol–water partition coefficient (Wildman–Crippen LogP) is 5.28. The van der Waals surface area contributed by atoms with E-state index < -0.39 is 0 Å². The molecule has 1 aromatic rings. The first kappa shape index (κ1) is 26.1. The fourth-order valence-corrected chi connectivity index (χ4v) is 2.87. The zero-order valence-electron chi connectivity index (χ0n) is 16.7. The second-order valence-corrected chi connectivity index (χ2v) is 7.28. The van der Waals surface area contributed by atoms with Crippen molar-refractivity contribution in [3.63, 3.8) is 0 Å². The van der Waals surface area contributed by atoms with Gasteiger partial charge < -0.3 is 12.7 Å². The maximum Gasteiger partial charge on any atom is 2.00 e. The molecule has 1 aliphatic rings. The summed E-state index contributed by atoms with van der Waals surface area (Å²) in [6.45, 7) is 14.4. The van der Waals surface area contributed by atoms with Crippen molar-refractivity contribution in [3.05, 3.63) is 42.3 Å². The second-order valence-electron chi connectivity index (χ2n) is 7.28. The predicted molar refractivity (Wildman–Crippen MR) is 100 cm³/mol. The van der Waals surface area contributed by atoms with Gasteiger partial charge in [0.2, 0.25) is 0 Å². The van der Waals surface area contributed by atoms with Crippen molar-refractivity contribution in [1.82, 2.24) is 5.32 Å². The summed E-state index contributed by atoms with van der Waals surface area (Å²) in [7, 11) is 0. The summed E-state index contributed by atoms with van der Waals surface area (Å²) in [5.74, 6) is 0.577. The molecule has 1 heterocycles. The van der Waals surface area contributed by atoms with Crippen molar-refractivity contribution in [3.8, 4) is 0 Å². The first-order chi connectivity index (χ1) is 10.3. The Bertz CT molecular complexity index is 495. The average molecular weight is 556 g/mol. The number of hydrogen-bond donors (Lipinski definition) is 1. The van der Waals surface area contributed by atoms with Crippen LogP contribution in [-0.4, -0.2) is 5.78 Å². The monoisotopic (exact) mass is 555 g/mol. The number of rotatable bonds is 5. The number of carbonyl (C=O) groups is 1. The quantitative estimate of drug-likeness (QED) is 0.502. The molecule has 0 bridgehead atoms. The van der Waals surface area contributed by atoms with E-state index in [0.29, 0.717) is 5.78 Å². The number of nitrogens with one attached hydrogen (secondary N) is 1. The summed E-state index contributed by atoms with van der Waals surface area (Å²) in [6.07, 6.45) is 3.36. The van der Waals surface area contributed by atoms with Crippen molar-refractivity contribution in [1.29, 1.82) is 0 Å². The standard InChI is InChI=1S/C11H22O.C9H10N.CH3.U/c1-6-7-8-11(4,5)10(12)9(2)3;1-7-2-3-8-5-10-6-9(8)4-7;;/h9H,6-8H2,1-5H3;3-4,10H,5-6H2,1H3;1H3;/q;2*-1;+2. The van der Waals surface area contributed by atoms with Gasteiger partial charge in [0.05, 0.1) is 0 Å². The van der Waals surface area contributed by atoms with Crippen LogP contribution >= 0.6 is 0 Å². The first-order valence-electron chi connectivity index (χ1n) is 8.53. The van der Waals surface area contributed by atoms with E-state index >= 15 is 0 Å². The molecular formula is C21H35NOU. The molecule has 1 aliphatic heterocycles. The van der Waals surface area contributed by atoms with E-state index in [1.807, 2.05) is 13.8 Å². The van der Waals surface area contributed by atoms with E-state index in [0.717, 1.165) is 25.9 Å². The summed E-state index contributed by atoms with van der Waals surface area (Å²) in [4.78, 5) is 11.7. The van der Waals surface area contributed by atoms with Crippen molar-refractivity contribution in [2.75, 3.05) is 0 Å². The minimum Gasteiger partial charge on any atom is -0.358 e. The summed E-state index contributed by atoms with van der Waals surface area (Å²) in [5, 5.41) is 3.29. The molecule has 0 unspecified atom stereocenters. The Balaban J connectivity index is 0. The Labute approximate surface area is 174 Å². The van der Waals surface area contributed by atoms with Gasteiger partial charge in [-0.05, 0) is 19.5 Å². The van der Waals surface area contributed by atoms with E-state index in [4.69, 9.17) is 0 Å². The Hall–Kier alpha value is -0.0981. The van der Waals surface area contributed by atoms with Crippen LogP contribution in [0.3, 0.4) is 0 Å². The molecule has 0 aromatic heterocycles. The molecule has 0 fully saturated rings. The Kier molecular flexibility index (Phi) is 13.4. The molecule has 3 heteroatoms. The fraction of sp³-hybridized carbons (Fsp3) is 0.619. The first-order valence-corrected chi connectivity index (χ1v) is 8.53. The van der Waals surface area contributed by atoms with Crippen molar-refractivity contribution in [2.45, 2.75) is 73.9 Å². The molecule has 0 amide bonds. The molecule has 0 saturated heterocycles. The molecule has 2 nitrogen and oxygen atoms in total. The smallest absolute Gasteiger partial charge is 0.358 e. The van der Waals surface area contributed by atoms with E-state index in [-0.39, 0.29) is 49.9 Å². The fourth-order valence-electron chi connectivity index (χ4n) is 2.87. The second kappa shape index (κ2) is 12.3. The normalized spacial score (nSPS) is 12.5. The minimum absolute atomic E-state index is 0. The topological polar surface area (TPSA) is 29.1 Å².